The fourth-order valence-corrected chi connectivity index (χ4v) is 2.70. The van der Waals surface area contributed by atoms with Gasteiger partial charge in [0.25, 0.3) is 5.91 Å². The molecule has 28 heavy (non-hydrogen) atoms. The number of hydrogen-bond donors (Lipinski definition) is 1. The number of pyridine rings is 2. The van der Waals surface area contributed by atoms with Gasteiger partial charge in [-0.2, -0.15) is 0 Å². The zero-order valence-electron chi connectivity index (χ0n) is 15.0. The number of carbonyl (C=O) groups is 1. The summed E-state index contributed by atoms with van der Waals surface area (Å²) in [5.74, 6) is -0.497. The molecule has 4 rings (SSSR count). The van der Waals surface area contributed by atoms with E-state index in [4.69, 9.17) is 4.74 Å². The molecular weight excluding hydrogens is 361 g/mol. The molecule has 0 atom stereocenters. The molecule has 0 aliphatic heterocycles. The van der Waals surface area contributed by atoms with Gasteiger partial charge in [-0.25, -0.2) is 19.3 Å². The molecule has 7 nitrogen and oxygen atoms in total. The predicted octanol–water partition coefficient (Wildman–Crippen LogP) is 3.22. The van der Waals surface area contributed by atoms with E-state index in [0.717, 1.165) is 0 Å². The molecule has 0 saturated heterocycles. The van der Waals surface area contributed by atoms with Crippen molar-refractivity contribution in [2.45, 2.75) is 6.54 Å². The van der Waals surface area contributed by atoms with Crippen molar-refractivity contribution in [3.05, 3.63) is 78.1 Å². The standard InChI is InChI=1S/C20H16FN5O2/c1-26-12-25-16-9-14(11-23-18(16)26)19(27)24-10-13-5-4-8-22-20(13)28-17-7-3-2-6-15(17)21/h2-9,11-12H,10H2,1H3,(H,24,27). The van der Waals surface area contributed by atoms with E-state index in [9.17, 15) is 9.18 Å². The quantitative estimate of drug-likeness (QED) is 0.577. The number of rotatable bonds is 5. The first-order valence-corrected chi connectivity index (χ1v) is 8.53. The molecule has 1 amide bonds. The average molecular weight is 377 g/mol. The Hall–Kier alpha value is -3.81. The Morgan fingerprint density at radius 3 is 2.89 bits per heavy atom. The van der Waals surface area contributed by atoms with E-state index in [1.807, 2.05) is 7.05 Å². The van der Waals surface area contributed by atoms with Crippen LogP contribution in [0.15, 0.2) is 61.2 Å². The van der Waals surface area contributed by atoms with Gasteiger partial charge in [0, 0.05) is 31.5 Å². The van der Waals surface area contributed by atoms with Crippen LogP contribution in [-0.2, 0) is 13.6 Å². The number of fused-ring (bicyclic) bond motifs is 1. The molecule has 3 aromatic heterocycles. The number of aryl methyl sites for hydroxylation is 1. The minimum absolute atomic E-state index is 0.0681. The van der Waals surface area contributed by atoms with Crippen LogP contribution in [0.2, 0.25) is 0 Å². The second kappa shape index (κ2) is 7.43. The average Bonchev–Trinajstić information content (AvgIpc) is 3.09. The van der Waals surface area contributed by atoms with Crippen molar-refractivity contribution in [3.8, 4) is 11.6 Å². The van der Waals surface area contributed by atoms with Crippen LogP contribution in [0.3, 0.4) is 0 Å². The van der Waals surface area contributed by atoms with E-state index in [1.54, 1.807) is 47.4 Å². The maximum Gasteiger partial charge on any atom is 0.253 e. The summed E-state index contributed by atoms with van der Waals surface area (Å²) in [5.41, 5.74) is 2.35. The number of para-hydroxylation sites is 1. The van der Waals surface area contributed by atoms with Crippen LogP contribution in [-0.4, -0.2) is 25.4 Å². The topological polar surface area (TPSA) is 81.9 Å². The molecule has 0 saturated carbocycles. The molecule has 0 aliphatic rings. The van der Waals surface area contributed by atoms with Crippen molar-refractivity contribution in [1.29, 1.82) is 0 Å². The van der Waals surface area contributed by atoms with Crippen LogP contribution < -0.4 is 10.1 Å². The van der Waals surface area contributed by atoms with Crippen molar-refractivity contribution in [2.24, 2.45) is 7.05 Å². The van der Waals surface area contributed by atoms with Gasteiger partial charge >= 0.3 is 0 Å². The summed E-state index contributed by atoms with van der Waals surface area (Å²) < 4.78 is 21.2. The molecule has 8 heteroatoms. The normalized spacial score (nSPS) is 10.8. The SMILES string of the molecule is Cn1cnc2cc(C(=O)NCc3cccnc3Oc3ccccc3F)cnc21. The van der Waals surface area contributed by atoms with Crippen molar-refractivity contribution in [2.75, 3.05) is 0 Å². The number of ether oxygens (including phenoxy) is 1. The number of nitrogens with zero attached hydrogens (tertiary/aromatic N) is 4. The maximum atomic E-state index is 13.8. The minimum atomic E-state index is -0.488. The van der Waals surface area contributed by atoms with Gasteiger partial charge in [0.15, 0.2) is 17.2 Å². The van der Waals surface area contributed by atoms with Crippen molar-refractivity contribution in [3.63, 3.8) is 0 Å². The van der Waals surface area contributed by atoms with Crippen molar-refractivity contribution in [1.82, 2.24) is 24.8 Å². The highest BCUT2D eigenvalue weighted by Gasteiger charge is 2.13. The van der Waals surface area contributed by atoms with Crippen molar-refractivity contribution < 1.29 is 13.9 Å². The summed E-state index contributed by atoms with van der Waals surface area (Å²) in [5, 5.41) is 2.80. The predicted molar refractivity (Wildman–Crippen MR) is 100 cm³/mol. The summed E-state index contributed by atoms with van der Waals surface area (Å²) in [7, 11) is 1.83. The number of hydrogen-bond acceptors (Lipinski definition) is 5. The van der Waals surface area contributed by atoms with Gasteiger partial charge in [0.2, 0.25) is 5.88 Å². The highest BCUT2D eigenvalue weighted by Crippen LogP contribution is 2.25. The lowest BCUT2D eigenvalue weighted by Crippen LogP contribution is -2.23. The molecule has 0 radical (unpaired) electrons. The van der Waals surface area contributed by atoms with Crippen LogP contribution in [0.5, 0.6) is 11.6 Å². The number of aromatic nitrogens is 4. The Morgan fingerprint density at radius 1 is 1.18 bits per heavy atom. The lowest BCUT2D eigenvalue weighted by atomic mass is 10.2. The molecular formula is C20H16FN5O2. The number of halogens is 1. The number of imidazole rings is 1. The summed E-state index contributed by atoms with van der Waals surface area (Å²) in [4.78, 5) is 25.1. The van der Waals surface area contributed by atoms with Gasteiger partial charge in [-0.3, -0.25) is 4.79 Å². The zero-order chi connectivity index (χ0) is 19.5. The van der Waals surface area contributed by atoms with E-state index >= 15 is 0 Å². The lowest BCUT2D eigenvalue weighted by Gasteiger charge is -2.11. The van der Waals surface area contributed by atoms with Crippen LogP contribution in [0.25, 0.3) is 11.2 Å². The lowest BCUT2D eigenvalue weighted by molar-refractivity contribution is 0.0950. The molecule has 140 valence electrons. The first-order valence-electron chi connectivity index (χ1n) is 8.53. The van der Waals surface area contributed by atoms with Crippen LogP contribution in [0, 0.1) is 5.82 Å². The first-order chi connectivity index (χ1) is 13.6. The van der Waals surface area contributed by atoms with Crippen LogP contribution in [0.1, 0.15) is 15.9 Å². The Bertz CT molecular complexity index is 1160. The van der Waals surface area contributed by atoms with E-state index in [-0.39, 0.29) is 24.1 Å². The summed E-state index contributed by atoms with van der Waals surface area (Å²) in [6, 6.07) is 11.2. The van der Waals surface area contributed by atoms with E-state index < -0.39 is 5.82 Å². The molecule has 0 aliphatic carbocycles. The summed E-state index contributed by atoms with van der Waals surface area (Å²) in [6.07, 6.45) is 4.68. The van der Waals surface area contributed by atoms with E-state index in [2.05, 4.69) is 20.3 Å². The number of benzene rings is 1. The molecule has 0 fully saturated rings. The zero-order valence-corrected chi connectivity index (χ0v) is 15.0. The molecule has 1 aromatic carbocycles. The highest BCUT2D eigenvalue weighted by atomic mass is 19.1. The number of carbonyl (C=O) groups excluding carboxylic acids is 1. The fraction of sp³-hybridized carbons (Fsp3) is 0.100. The Morgan fingerprint density at radius 2 is 2.04 bits per heavy atom. The molecule has 3 heterocycles. The second-order valence-electron chi connectivity index (χ2n) is 6.11. The van der Waals surface area contributed by atoms with Crippen LogP contribution >= 0.6 is 0 Å². The summed E-state index contributed by atoms with van der Waals surface area (Å²) >= 11 is 0. The molecule has 4 aromatic rings. The van der Waals surface area contributed by atoms with Crippen molar-refractivity contribution >= 4 is 17.1 Å². The Balaban J connectivity index is 1.50. The molecule has 0 spiro atoms. The van der Waals surface area contributed by atoms with Gasteiger partial charge in [-0.1, -0.05) is 18.2 Å². The Kier molecular flexibility index (Phi) is 4.67. The monoisotopic (exact) mass is 377 g/mol. The third-order valence-electron chi connectivity index (χ3n) is 4.15. The van der Waals surface area contributed by atoms with Gasteiger partial charge in [0.1, 0.15) is 5.52 Å². The molecule has 1 N–H and O–H groups in total. The van der Waals surface area contributed by atoms with E-state index in [1.165, 1.54) is 18.3 Å². The van der Waals surface area contributed by atoms with Gasteiger partial charge in [-0.05, 0) is 24.3 Å². The van der Waals surface area contributed by atoms with Gasteiger partial charge in [-0.15, -0.1) is 0 Å². The highest BCUT2D eigenvalue weighted by molar-refractivity contribution is 5.96. The second-order valence-corrected chi connectivity index (χ2v) is 6.11. The maximum absolute atomic E-state index is 13.8. The minimum Gasteiger partial charge on any atom is -0.436 e. The van der Waals surface area contributed by atoms with Gasteiger partial charge in [0.05, 0.1) is 11.9 Å². The third-order valence-corrected chi connectivity index (χ3v) is 4.15. The smallest absolute Gasteiger partial charge is 0.253 e. The van der Waals surface area contributed by atoms with Gasteiger partial charge < -0.3 is 14.6 Å². The number of nitrogens with one attached hydrogen (secondary N) is 1. The third kappa shape index (κ3) is 3.52. The number of amides is 1. The molecule has 0 bridgehead atoms. The Labute approximate surface area is 159 Å². The van der Waals surface area contributed by atoms with Crippen LogP contribution in [0.4, 0.5) is 4.39 Å². The first kappa shape index (κ1) is 17.6. The largest absolute Gasteiger partial charge is 0.436 e. The van der Waals surface area contributed by atoms with E-state index in [0.29, 0.717) is 22.3 Å². The molecule has 0 unspecified atom stereocenters. The fourth-order valence-electron chi connectivity index (χ4n) is 2.70. The summed E-state index contributed by atoms with van der Waals surface area (Å²) in [6.45, 7) is 0.163.